The van der Waals surface area contributed by atoms with Gasteiger partial charge in [0.05, 0.1) is 22.9 Å². The Balaban J connectivity index is 1.27. The van der Waals surface area contributed by atoms with Crippen LogP contribution in [0.4, 0.5) is 0 Å². The van der Waals surface area contributed by atoms with E-state index >= 15 is 0 Å². The molecular weight excluding hydrogens is 564 g/mol. The third-order valence-corrected chi connectivity index (χ3v) is 9.10. The molecule has 7 aromatic rings. The van der Waals surface area contributed by atoms with Gasteiger partial charge in [-0.05, 0) is 128 Å². The minimum atomic E-state index is 0.570. The SMILES string of the molecule is Cc1cc(Oc2ccc3c4ccccc4n(-c4cc(CC(C)C)ccn4)c3c2)cc(-n2cc(-c3c(C)c(C)cc(C)c3C)cn2)c1. The highest BCUT2D eigenvalue weighted by molar-refractivity contribution is 6.09. The molecule has 4 aromatic carbocycles. The molecule has 0 bridgehead atoms. The van der Waals surface area contributed by atoms with Gasteiger partial charge in [0, 0.05) is 40.9 Å². The fourth-order valence-electron chi connectivity index (χ4n) is 6.74. The molecule has 0 fully saturated rings. The van der Waals surface area contributed by atoms with Gasteiger partial charge in [-0.15, -0.1) is 0 Å². The molecule has 7 rings (SSSR count). The van der Waals surface area contributed by atoms with E-state index in [2.05, 4.69) is 138 Å². The van der Waals surface area contributed by atoms with Crippen LogP contribution in [-0.2, 0) is 6.42 Å². The van der Waals surface area contributed by atoms with E-state index in [-0.39, 0.29) is 0 Å². The first-order valence-corrected chi connectivity index (χ1v) is 16.1. The average Bonchev–Trinajstić information content (AvgIpc) is 3.63. The minimum absolute atomic E-state index is 0.570. The van der Waals surface area contributed by atoms with E-state index in [4.69, 9.17) is 14.8 Å². The number of pyridine rings is 1. The zero-order valence-electron chi connectivity index (χ0n) is 27.7. The zero-order chi connectivity index (χ0) is 32.1. The van der Waals surface area contributed by atoms with Crippen molar-refractivity contribution < 1.29 is 4.74 Å². The van der Waals surface area contributed by atoms with E-state index in [0.717, 1.165) is 51.6 Å². The second-order valence-electron chi connectivity index (χ2n) is 13.1. The summed E-state index contributed by atoms with van der Waals surface area (Å²) in [5.74, 6) is 3.03. The number of aromatic nitrogens is 4. The van der Waals surface area contributed by atoms with Crippen LogP contribution < -0.4 is 4.74 Å². The Morgan fingerprint density at radius 2 is 1.50 bits per heavy atom. The number of para-hydroxylation sites is 1. The number of nitrogens with zero attached hydrogens (tertiary/aromatic N) is 4. The highest BCUT2D eigenvalue weighted by Crippen LogP contribution is 2.36. The first kappa shape index (κ1) is 29.5. The van der Waals surface area contributed by atoms with E-state index in [1.807, 2.05) is 17.1 Å². The van der Waals surface area contributed by atoms with Crippen molar-refractivity contribution >= 4 is 21.8 Å². The molecule has 5 nitrogen and oxygen atoms in total. The van der Waals surface area contributed by atoms with Crippen molar-refractivity contribution in [1.29, 1.82) is 0 Å². The maximum absolute atomic E-state index is 6.58. The molecule has 0 amide bonds. The zero-order valence-corrected chi connectivity index (χ0v) is 27.7. The van der Waals surface area contributed by atoms with Crippen LogP contribution in [0.2, 0.25) is 0 Å². The number of aryl methyl sites for hydroxylation is 3. The highest BCUT2D eigenvalue weighted by Gasteiger charge is 2.16. The molecule has 0 N–H and O–H groups in total. The van der Waals surface area contributed by atoms with Gasteiger partial charge < -0.3 is 4.74 Å². The lowest BCUT2D eigenvalue weighted by Gasteiger charge is -2.14. The maximum Gasteiger partial charge on any atom is 0.137 e. The number of hydrogen-bond donors (Lipinski definition) is 0. The maximum atomic E-state index is 6.58. The second-order valence-corrected chi connectivity index (χ2v) is 13.1. The Bertz CT molecular complexity index is 2230. The first-order chi connectivity index (χ1) is 22.2. The average molecular weight is 605 g/mol. The molecule has 0 saturated heterocycles. The number of rotatable bonds is 7. The van der Waals surface area contributed by atoms with Gasteiger partial charge in [0.25, 0.3) is 0 Å². The Morgan fingerprint density at radius 1 is 0.739 bits per heavy atom. The summed E-state index contributed by atoms with van der Waals surface area (Å²) >= 11 is 0. The highest BCUT2D eigenvalue weighted by atomic mass is 16.5. The normalized spacial score (nSPS) is 11.7. The smallest absolute Gasteiger partial charge is 0.137 e. The van der Waals surface area contributed by atoms with Gasteiger partial charge in [-0.2, -0.15) is 5.10 Å². The molecule has 0 aliphatic heterocycles. The topological polar surface area (TPSA) is 44.9 Å². The second kappa shape index (κ2) is 11.6. The van der Waals surface area contributed by atoms with Crippen molar-refractivity contribution in [1.82, 2.24) is 19.3 Å². The Morgan fingerprint density at radius 3 is 2.28 bits per heavy atom. The summed E-state index contributed by atoms with van der Waals surface area (Å²) in [6.07, 6.45) is 7.02. The van der Waals surface area contributed by atoms with Crippen LogP contribution >= 0.6 is 0 Å². The number of ether oxygens (including phenoxy) is 1. The van der Waals surface area contributed by atoms with Gasteiger partial charge in [-0.1, -0.05) is 38.1 Å². The molecule has 3 aromatic heterocycles. The lowest BCUT2D eigenvalue weighted by Crippen LogP contribution is -2.01. The molecule has 0 atom stereocenters. The summed E-state index contributed by atoms with van der Waals surface area (Å²) < 4.78 is 10.8. The summed E-state index contributed by atoms with van der Waals surface area (Å²) in [4.78, 5) is 4.82. The van der Waals surface area contributed by atoms with Crippen LogP contribution in [0.15, 0.2) is 97.5 Å². The summed E-state index contributed by atoms with van der Waals surface area (Å²) in [5.41, 5.74) is 13.1. The van der Waals surface area contributed by atoms with E-state index in [0.29, 0.717) is 5.92 Å². The standard InChI is InChI=1S/C41H40N4O/c1-25(2)16-31-14-15-42-40(20-31)45-38-11-9-8-10-36(38)37-13-12-34(22-39(37)45)46-35-18-26(3)17-33(21-35)44-24-32(23-43-44)41-29(6)27(4)19-28(5)30(41)7/h8-15,17-25H,16H2,1-7H3. The van der Waals surface area contributed by atoms with Crippen LogP contribution in [0.3, 0.4) is 0 Å². The van der Waals surface area contributed by atoms with Crippen molar-refractivity contribution in [2.45, 2.75) is 54.9 Å². The van der Waals surface area contributed by atoms with Gasteiger partial charge in [0.2, 0.25) is 0 Å². The van der Waals surface area contributed by atoms with Crippen molar-refractivity contribution in [3.63, 3.8) is 0 Å². The van der Waals surface area contributed by atoms with E-state index in [1.165, 1.54) is 44.2 Å². The van der Waals surface area contributed by atoms with Gasteiger partial charge in [0.1, 0.15) is 17.3 Å². The van der Waals surface area contributed by atoms with Crippen molar-refractivity contribution in [2.24, 2.45) is 5.92 Å². The van der Waals surface area contributed by atoms with Crippen LogP contribution in [0.25, 0.3) is 44.4 Å². The third-order valence-electron chi connectivity index (χ3n) is 9.10. The molecule has 230 valence electrons. The molecule has 0 aliphatic carbocycles. The van der Waals surface area contributed by atoms with Crippen molar-refractivity contribution in [2.75, 3.05) is 0 Å². The molecule has 0 aliphatic rings. The van der Waals surface area contributed by atoms with Crippen molar-refractivity contribution in [3.05, 3.63) is 131 Å². The third kappa shape index (κ3) is 5.36. The van der Waals surface area contributed by atoms with Gasteiger partial charge in [0.15, 0.2) is 0 Å². The van der Waals surface area contributed by atoms with Gasteiger partial charge in [-0.25, -0.2) is 9.67 Å². The van der Waals surface area contributed by atoms with Crippen LogP contribution in [0, 0.1) is 40.5 Å². The van der Waals surface area contributed by atoms with Crippen LogP contribution in [-0.4, -0.2) is 19.3 Å². The van der Waals surface area contributed by atoms with E-state index in [1.54, 1.807) is 0 Å². The van der Waals surface area contributed by atoms with Gasteiger partial charge in [-0.3, -0.25) is 4.57 Å². The molecule has 0 radical (unpaired) electrons. The fourth-order valence-corrected chi connectivity index (χ4v) is 6.74. The Hall–Kier alpha value is -5.16. The number of benzene rings is 4. The molecule has 0 spiro atoms. The monoisotopic (exact) mass is 604 g/mol. The first-order valence-electron chi connectivity index (χ1n) is 16.1. The predicted molar refractivity (Wildman–Crippen MR) is 190 cm³/mol. The number of hydrogen-bond acceptors (Lipinski definition) is 3. The van der Waals surface area contributed by atoms with Gasteiger partial charge >= 0.3 is 0 Å². The van der Waals surface area contributed by atoms with Crippen LogP contribution in [0.1, 0.15) is 47.2 Å². The predicted octanol–water partition coefficient (Wildman–Crippen LogP) is 10.6. The van der Waals surface area contributed by atoms with Crippen LogP contribution in [0.5, 0.6) is 11.5 Å². The molecule has 0 unspecified atom stereocenters. The Labute approximate surface area is 271 Å². The Kier molecular flexibility index (Phi) is 7.48. The molecule has 0 saturated carbocycles. The molecule has 3 heterocycles. The molecular formula is C41H40N4O. The fraction of sp³-hybridized carbons (Fsp3) is 0.220. The van der Waals surface area contributed by atoms with E-state index < -0.39 is 0 Å². The van der Waals surface area contributed by atoms with Crippen molar-refractivity contribution in [3.8, 4) is 34.1 Å². The molecule has 5 heteroatoms. The summed E-state index contributed by atoms with van der Waals surface area (Å²) in [6.45, 7) is 15.3. The largest absolute Gasteiger partial charge is 0.457 e. The summed E-state index contributed by atoms with van der Waals surface area (Å²) in [5, 5.41) is 7.15. The lowest BCUT2D eigenvalue weighted by molar-refractivity contribution is 0.482. The summed E-state index contributed by atoms with van der Waals surface area (Å²) in [7, 11) is 0. The summed E-state index contributed by atoms with van der Waals surface area (Å²) in [6, 6.07) is 27.7. The van der Waals surface area contributed by atoms with E-state index in [9.17, 15) is 0 Å². The molecule has 46 heavy (non-hydrogen) atoms. The number of fused-ring (bicyclic) bond motifs is 3. The lowest BCUT2D eigenvalue weighted by atomic mass is 9.91. The quantitative estimate of drug-likeness (QED) is 0.182. The minimum Gasteiger partial charge on any atom is -0.457 e.